The number of likely N-dealkylation sites (tertiary alicyclic amines) is 1. The number of hydrogen-bond acceptors (Lipinski definition) is 7. The molecule has 3 unspecified atom stereocenters. The van der Waals surface area contributed by atoms with Gasteiger partial charge in [-0.15, -0.1) is 0 Å². The minimum Gasteiger partial charge on any atom is -0.619 e. The zero-order chi connectivity index (χ0) is 29.2. The van der Waals surface area contributed by atoms with E-state index in [0.717, 1.165) is 35.5 Å². The van der Waals surface area contributed by atoms with E-state index in [1.165, 1.54) is 17.0 Å². The van der Waals surface area contributed by atoms with E-state index in [2.05, 4.69) is 24.1 Å². The van der Waals surface area contributed by atoms with Crippen LogP contribution in [0.5, 0.6) is 0 Å². The minimum atomic E-state index is -4.05. The number of Topliss-reactive ketones (excluding diaryl/α,β-unsaturated/α-hetero) is 1. The van der Waals surface area contributed by atoms with Gasteiger partial charge in [-0.1, -0.05) is 13.8 Å². The number of anilines is 1. The number of nitrogens with zero attached hydrogens (tertiary/aromatic N) is 4. The van der Waals surface area contributed by atoms with Crippen LogP contribution in [0.4, 0.5) is 5.69 Å². The number of carbonyl (C=O) groups excluding carboxylic acids is 3. The van der Waals surface area contributed by atoms with Gasteiger partial charge in [0, 0.05) is 43.0 Å². The van der Waals surface area contributed by atoms with E-state index in [4.69, 9.17) is 0 Å². The number of nitrogens with one attached hydrogen (secondary N) is 1. The minimum absolute atomic E-state index is 0.0794. The quantitative estimate of drug-likeness (QED) is 0.338. The zero-order valence-corrected chi connectivity index (χ0v) is 24.1. The van der Waals surface area contributed by atoms with Crippen molar-refractivity contribution in [2.24, 2.45) is 5.92 Å². The Morgan fingerprint density at radius 2 is 1.73 bits per heavy atom. The number of rotatable bonds is 10. The molecule has 1 aromatic heterocycles. The van der Waals surface area contributed by atoms with Crippen molar-refractivity contribution in [3.05, 3.63) is 59.6 Å². The molecule has 2 saturated heterocycles. The number of benzene rings is 1. The molecule has 0 spiro atoms. The summed E-state index contributed by atoms with van der Waals surface area (Å²) in [4.78, 5) is 43.5. The van der Waals surface area contributed by atoms with E-state index in [1.54, 1.807) is 12.1 Å². The highest BCUT2D eigenvalue weighted by molar-refractivity contribution is 7.89. The maximum atomic E-state index is 13.8. The van der Waals surface area contributed by atoms with Crippen LogP contribution in [-0.2, 0) is 19.6 Å². The van der Waals surface area contributed by atoms with Gasteiger partial charge in [-0.25, -0.2) is 8.42 Å². The molecule has 2 aliphatic heterocycles. The number of carbonyl (C=O) groups is 3. The van der Waals surface area contributed by atoms with Gasteiger partial charge in [-0.2, -0.15) is 9.04 Å². The van der Waals surface area contributed by atoms with Crippen LogP contribution in [0.1, 0.15) is 50.9 Å². The summed E-state index contributed by atoms with van der Waals surface area (Å²) in [5, 5.41) is 14.2. The molecule has 0 saturated carbocycles. The molecule has 216 valence electrons. The molecule has 4 rings (SSSR count). The molecule has 2 aromatic rings. The second-order valence-electron chi connectivity index (χ2n) is 10.6. The largest absolute Gasteiger partial charge is 0.619 e. The van der Waals surface area contributed by atoms with Gasteiger partial charge in [0.1, 0.15) is 12.1 Å². The second kappa shape index (κ2) is 11.9. The first-order valence-electron chi connectivity index (χ1n) is 13.7. The highest BCUT2D eigenvalue weighted by Gasteiger charge is 2.54. The summed E-state index contributed by atoms with van der Waals surface area (Å²) in [6.45, 7) is 9.53. The molecule has 1 N–H and O–H groups in total. The summed E-state index contributed by atoms with van der Waals surface area (Å²) in [5.41, 5.74) is 1.43. The standard InChI is InChI=1S/C28H37N5O6S/c1-5-30(6-2)21-9-7-20(8-10-21)27(35)29-23(17-19(3)4)28(36)32-16-13-24-26(32)25(34)18-33(24)40(38,39)22-11-14-31(37)15-12-22/h7-12,14-15,19,23-24,26H,5-6,13,16-18H2,1-4H3,(H,29,35). The van der Waals surface area contributed by atoms with Gasteiger partial charge in [-0.05, 0) is 56.9 Å². The van der Waals surface area contributed by atoms with Crippen molar-refractivity contribution in [1.29, 1.82) is 0 Å². The predicted molar refractivity (Wildman–Crippen MR) is 149 cm³/mol. The number of amides is 2. The molecule has 0 bridgehead atoms. The number of ketones is 1. The van der Waals surface area contributed by atoms with Crippen LogP contribution in [0.3, 0.4) is 0 Å². The fourth-order valence-corrected chi connectivity index (χ4v) is 7.21. The van der Waals surface area contributed by atoms with Crippen molar-refractivity contribution < 1.29 is 27.5 Å². The van der Waals surface area contributed by atoms with Gasteiger partial charge >= 0.3 is 0 Å². The van der Waals surface area contributed by atoms with Gasteiger partial charge < -0.3 is 20.3 Å². The molecule has 2 fully saturated rings. The molecule has 3 atom stereocenters. The second-order valence-corrected chi connectivity index (χ2v) is 12.5. The lowest BCUT2D eigenvalue weighted by molar-refractivity contribution is -0.605. The molecular weight excluding hydrogens is 534 g/mol. The number of sulfonamides is 1. The Labute approximate surface area is 235 Å². The molecule has 40 heavy (non-hydrogen) atoms. The van der Waals surface area contributed by atoms with Crippen LogP contribution >= 0.6 is 0 Å². The Morgan fingerprint density at radius 1 is 1.10 bits per heavy atom. The van der Waals surface area contributed by atoms with Gasteiger partial charge in [-0.3, -0.25) is 14.4 Å². The highest BCUT2D eigenvalue weighted by atomic mass is 32.2. The topological polar surface area (TPSA) is 134 Å². The van der Waals surface area contributed by atoms with Crippen molar-refractivity contribution in [3.63, 3.8) is 0 Å². The summed E-state index contributed by atoms with van der Waals surface area (Å²) >= 11 is 0. The Bertz CT molecular complexity index is 1340. The lowest BCUT2D eigenvalue weighted by Gasteiger charge is -2.29. The maximum Gasteiger partial charge on any atom is 0.251 e. The monoisotopic (exact) mass is 571 g/mol. The summed E-state index contributed by atoms with van der Waals surface area (Å²) in [6, 6.07) is 7.11. The van der Waals surface area contributed by atoms with Crippen molar-refractivity contribution in [2.75, 3.05) is 31.1 Å². The first kappa shape index (κ1) is 29.5. The van der Waals surface area contributed by atoms with Crippen LogP contribution < -0.4 is 14.9 Å². The van der Waals surface area contributed by atoms with Crippen LogP contribution in [0, 0.1) is 11.1 Å². The summed E-state index contributed by atoms with van der Waals surface area (Å²) < 4.78 is 28.2. The van der Waals surface area contributed by atoms with Gasteiger partial charge in [0.25, 0.3) is 5.91 Å². The Balaban J connectivity index is 1.51. The van der Waals surface area contributed by atoms with E-state index in [0.29, 0.717) is 23.1 Å². The van der Waals surface area contributed by atoms with Crippen LogP contribution in [-0.4, -0.2) is 79.5 Å². The third-order valence-electron chi connectivity index (χ3n) is 7.61. The van der Waals surface area contributed by atoms with E-state index in [9.17, 15) is 28.0 Å². The zero-order valence-electron chi connectivity index (χ0n) is 23.3. The SMILES string of the molecule is CCN(CC)c1ccc(C(=O)NC(CC(C)C)C(=O)N2CCC3C2C(=O)CN3S(=O)(=O)c2cc[n+]([O-])cc2)cc1. The fraction of sp³-hybridized carbons (Fsp3) is 0.500. The van der Waals surface area contributed by atoms with Gasteiger partial charge in [0.2, 0.25) is 15.9 Å². The van der Waals surface area contributed by atoms with Gasteiger partial charge in [0.15, 0.2) is 18.2 Å². The molecule has 2 aliphatic rings. The number of pyridine rings is 1. The van der Waals surface area contributed by atoms with Crippen LogP contribution in [0.2, 0.25) is 0 Å². The molecule has 12 heteroatoms. The smallest absolute Gasteiger partial charge is 0.251 e. The predicted octanol–water partition coefficient (Wildman–Crippen LogP) is 1.55. The summed E-state index contributed by atoms with van der Waals surface area (Å²) in [6.07, 6.45) is 2.84. The average Bonchev–Trinajstić information content (AvgIpc) is 3.50. The molecule has 0 aliphatic carbocycles. The van der Waals surface area contributed by atoms with Gasteiger partial charge in [0.05, 0.1) is 17.5 Å². The third kappa shape index (κ3) is 5.83. The first-order valence-corrected chi connectivity index (χ1v) is 15.1. The van der Waals surface area contributed by atoms with Crippen LogP contribution in [0.15, 0.2) is 53.7 Å². The number of hydrogen-bond donors (Lipinski definition) is 1. The lowest BCUT2D eigenvalue weighted by Crippen LogP contribution is -2.53. The van der Waals surface area contributed by atoms with Crippen molar-refractivity contribution in [3.8, 4) is 0 Å². The van der Waals surface area contributed by atoms with E-state index >= 15 is 0 Å². The van der Waals surface area contributed by atoms with Crippen LogP contribution in [0.25, 0.3) is 0 Å². The normalized spacial score (nSPS) is 20.0. The Morgan fingerprint density at radius 3 is 2.30 bits per heavy atom. The molecule has 1 aromatic carbocycles. The maximum absolute atomic E-state index is 13.8. The molecule has 0 radical (unpaired) electrons. The third-order valence-corrected chi connectivity index (χ3v) is 9.49. The lowest BCUT2D eigenvalue weighted by atomic mass is 10.0. The molecular formula is C28H37N5O6S. The summed E-state index contributed by atoms with van der Waals surface area (Å²) in [7, 11) is -4.05. The summed E-state index contributed by atoms with van der Waals surface area (Å²) in [5.74, 6) is -1.07. The number of fused-ring (bicyclic) bond motifs is 1. The van der Waals surface area contributed by atoms with Crippen molar-refractivity contribution >= 4 is 33.3 Å². The highest BCUT2D eigenvalue weighted by Crippen LogP contribution is 2.34. The van der Waals surface area contributed by atoms with Crippen molar-refractivity contribution in [1.82, 2.24) is 14.5 Å². The molecule has 3 heterocycles. The molecule has 2 amide bonds. The Hall–Kier alpha value is -3.51. The average molecular weight is 572 g/mol. The van der Waals surface area contributed by atoms with Crippen molar-refractivity contribution in [2.45, 2.75) is 63.6 Å². The van der Waals surface area contributed by atoms with E-state index in [-0.39, 0.29) is 35.6 Å². The fourth-order valence-electron chi connectivity index (χ4n) is 5.59. The van der Waals surface area contributed by atoms with E-state index in [1.807, 2.05) is 26.0 Å². The first-order chi connectivity index (χ1) is 19.0. The number of aromatic nitrogens is 1. The van der Waals surface area contributed by atoms with E-state index < -0.39 is 34.1 Å². The molecule has 11 nitrogen and oxygen atoms in total. The Kier molecular flexibility index (Phi) is 8.79.